The summed E-state index contributed by atoms with van der Waals surface area (Å²) < 4.78 is 2.16. The third-order valence-corrected chi connectivity index (χ3v) is 3.30. The topological polar surface area (TPSA) is 55.1 Å². The van der Waals surface area contributed by atoms with Crippen LogP contribution in [0.4, 0.5) is 0 Å². The van der Waals surface area contributed by atoms with Crippen molar-refractivity contribution in [2.45, 2.75) is 45.6 Å². The molecule has 0 amide bonds. The number of unbranched alkanes of at least 4 members (excludes halogenated alkanes) is 1. The molecule has 0 saturated heterocycles. The molecule has 2 rings (SSSR count). The maximum Gasteiger partial charge on any atom is 0.303 e. The first-order valence-electron chi connectivity index (χ1n) is 6.75. The number of aromatic nitrogens is 2. The van der Waals surface area contributed by atoms with Crippen LogP contribution in [0.3, 0.4) is 0 Å². The summed E-state index contributed by atoms with van der Waals surface area (Å²) in [5.41, 5.74) is 3.40. The van der Waals surface area contributed by atoms with Crippen molar-refractivity contribution < 1.29 is 9.90 Å². The van der Waals surface area contributed by atoms with E-state index in [4.69, 9.17) is 5.11 Å². The highest BCUT2D eigenvalue weighted by Crippen LogP contribution is 2.19. The minimum atomic E-state index is -0.717. The number of hydrogen-bond acceptors (Lipinski definition) is 2. The van der Waals surface area contributed by atoms with Gasteiger partial charge in [-0.25, -0.2) is 4.98 Å². The molecule has 1 aromatic carbocycles. The fourth-order valence-corrected chi connectivity index (χ4v) is 2.25. The van der Waals surface area contributed by atoms with Gasteiger partial charge in [0.25, 0.3) is 0 Å². The second-order valence-corrected chi connectivity index (χ2v) is 5.17. The highest BCUT2D eigenvalue weighted by atomic mass is 16.4. The van der Waals surface area contributed by atoms with Crippen LogP contribution < -0.4 is 0 Å². The summed E-state index contributed by atoms with van der Waals surface area (Å²) in [6.07, 6.45) is 4.68. The highest BCUT2D eigenvalue weighted by Gasteiger charge is 2.06. The molecule has 0 atom stereocenters. The van der Waals surface area contributed by atoms with E-state index in [2.05, 4.69) is 41.6 Å². The van der Waals surface area contributed by atoms with E-state index in [9.17, 15) is 4.79 Å². The lowest BCUT2D eigenvalue weighted by Crippen LogP contribution is -1.98. The van der Waals surface area contributed by atoms with Crippen molar-refractivity contribution in [1.29, 1.82) is 0 Å². The van der Waals surface area contributed by atoms with Crippen LogP contribution in [-0.2, 0) is 11.2 Å². The van der Waals surface area contributed by atoms with E-state index < -0.39 is 5.97 Å². The number of aryl methyl sites for hydroxylation is 1. The average molecular weight is 260 g/mol. The lowest BCUT2D eigenvalue weighted by atomic mass is 10.1. The van der Waals surface area contributed by atoms with Crippen molar-refractivity contribution in [3.63, 3.8) is 0 Å². The number of imidazole rings is 1. The van der Waals surface area contributed by atoms with Gasteiger partial charge in [0.2, 0.25) is 0 Å². The van der Waals surface area contributed by atoms with Gasteiger partial charge in [-0.05, 0) is 50.8 Å². The number of benzene rings is 1. The quantitative estimate of drug-likeness (QED) is 0.810. The summed E-state index contributed by atoms with van der Waals surface area (Å²) >= 11 is 0. The van der Waals surface area contributed by atoms with E-state index in [0.29, 0.717) is 6.04 Å². The molecule has 0 spiro atoms. The molecule has 1 aromatic heterocycles. The van der Waals surface area contributed by atoms with Gasteiger partial charge in [0.1, 0.15) is 0 Å². The van der Waals surface area contributed by atoms with Crippen molar-refractivity contribution in [1.82, 2.24) is 9.55 Å². The van der Waals surface area contributed by atoms with Crippen molar-refractivity contribution in [3.8, 4) is 0 Å². The summed E-state index contributed by atoms with van der Waals surface area (Å²) in [7, 11) is 0. The largest absolute Gasteiger partial charge is 0.481 e. The minimum Gasteiger partial charge on any atom is -0.481 e. The molecule has 4 heteroatoms. The maximum absolute atomic E-state index is 10.4. The molecule has 0 aliphatic heterocycles. The van der Waals surface area contributed by atoms with Crippen molar-refractivity contribution >= 4 is 17.0 Å². The number of fused-ring (bicyclic) bond motifs is 1. The third-order valence-electron chi connectivity index (χ3n) is 3.30. The van der Waals surface area contributed by atoms with Crippen molar-refractivity contribution in [3.05, 3.63) is 30.1 Å². The summed E-state index contributed by atoms with van der Waals surface area (Å²) in [4.78, 5) is 14.9. The maximum atomic E-state index is 10.4. The number of nitrogens with zero attached hydrogens (tertiary/aromatic N) is 2. The van der Waals surface area contributed by atoms with Gasteiger partial charge in [-0.15, -0.1) is 0 Å². The lowest BCUT2D eigenvalue weighted by Gasteiger charge is -2.08. The Morgan fingerprint density at radius 1 is 1.37 bits per heavy atom. The zero-order valence-electron chi connectivity index (χ0n) is 11.5. The Labute approximate surface area is 113 Å². The molecular weight excluding hydrogens is 240 g/mol. The van der Waals surface area contributed by atoms with Crippen LogP contribution in [0, 0.1) is 0 Å². The number of carboxylic acid groups (broad SMARTS) is 1. The zero-order valence-corrected chi connectivity index (χ0v) is 11.5. The molecule has 102 valence electrons. The Bertz CT molecular complexity index is 573. The normalized spacial score (nSPS) is 11.3. The second-order valence-electron chi connectivity index (χ2n) is 5.17. The van der Waals surface area contributed by atoms with Crippen molar-refractivity contribution in [2.75, 3.05) is 0 Å². The van der Waals surface area contributed by atoms with E-state index >= 15 is 0 Å². The molecule has 0 saturated carbocycles. The number of hydrogen-bond donors (Lipinski definition) is 1. The lowest BCUT2D eigenvalue weighted by molar-refractivity contribution is -0.137. The van der Waals surface area contributed by atoms with E-state index in [1.807, 2.05) is 6.33 Å². The molecular formula is C15H20N2O2. The first-order chi connectivity index (χ1) is 9.08. The van der Waals surface area contributed by atoms with Gasteiger partial charge in [0.05, 0.1) is 17.4 Å². The number of aliphatic carboxylic acids is 1. The van der Waals surface area contributed by atoms with E-state index in [-0.39, 0.29) is 6.42 Å². The predicted molar refractivity (Wildman–Crippen MR) is 75.3 cm³/mol. The van der Waals surface area contributed by atoms with Crippen LogP contribution in [0.2, 0.25) is 0 Å². The van der Waals surface area contributed by atoms with Crippen LogP contribution in [0.1, 0.15) is 44.7 Å². The van der Waals surface area contributed by atoms with Gasteiger partial charge >= 0.3 is 5.97 Å². The molecule has 4 nitrogen and oxygen atoms in total. The Hall–Kier alpha value is -1.84. The van der Waals surface area contributed by atoms with Crippen LogP contribution in [0.5, 0.6) is 0 Å². The first-order valence-corrected chi connectivity index (χ1v) is 6.75. The molecule has 1 heterocycles. The van der Waals surface area contributed by atoms with Crippen LogP contribution in [0.25, 0.3) is 11.0 Å². The zero-order chi connectivity index (χ0) is 13.8. The molecule has 0 bridgehead atoms. The third kappa shape index (κ3) is 3.34. The summed E-state index contributed by atoms with van der Waals surface area (Å²) in [5, 5.41) is 8.59. The SMILES string of the molecule is CC(C)n1cnc2cc(CCCCC(=O)O)ccc21. The van der Waals surface area contributed by atoms with E-state index in [1.165, 1.54) is 5.56 Å². The molecule has 0 radical (unpaired) electrons. The Balaban J connectivity index is 2.04. The average Bonchev–Trinajstić information content (AvgIpc) is 2.77. The van der Waals surface area contributed by atoms with Crippen molar-refractivity contribution in [2.24, 2.45) is 0 Å². The summed E-state index contributed by atoms with van der Waals surface area (Å²) in [6.45, 7) is 4.28. The number of carbonyl (C=O) groups is 1. The van der Waals surface area contributed by atoms with Crippen LogP contribution >= 0.6 is 0 Å². The van der Waals surface area contributed by atoms with Crippen LogP contribution in [0.15, 0.2) is 24.5 Å². The van der Waals surface area contributed by atoms with Gasteiger partial charge in [-0.1, -0.05) is 6.07 Å². The number of rotatable bonds is 6. The van der Waals surface area contributed by atoms with Crippen LogP contribution in [-0.4, -0.2) is 20.6 Å². The minimum absolute atomic E-state index is 0.254. The van der Waals surface area contributed by atoms with E-state index in [0.717, 1.165) is 30.3 Å². The summed E-state index contributed by atoms with van der Waals surface area (Å²) in [6, 6.07) is 6.74. The van der Waals surface area contributed by atoms with E-state index in [1.54, 1.807) is 0 Å². The Morgan fingerprint density at radius 3 is 2.84 bits per heavy atom. The Kier molecular flexibility index (Phi) is 4.20. The first kappa shape index (κ1) is 13.6. The monoisotopic (exact) mass is 260 g/mol. The Morgan fingerprint density at radius 2 is 2.16 bits per heavy atom. The predicted octanol–water partition coefficient (Wildman–Crippen LogP) is 3.41. The highest BCUT2D eigenvalue weighted by molar-refractivity contribution is 5.76. The second kappa shape index (κ2) is 5.87. The molecule has 19 heavy (non-hydrogen) atoms. The van der Waals surface area contributed by atoms with Gasteiger partial charge in [0, 0.05) is 12.5 Å². The van der Waals surface area contributed by atoms with Gasteiger partial charge in [-0.3, -0.25) is 4.79 Å². The standard InChI is InChI=1S/C15H20N2O2/c1-11(2)17-10-16-13-9-12(7-8-14(13)17)5-3-4-6-15(18)19/h7-11H,3-6H2,1-2H3,(H,18,19). The fourth-order valence-electron chi connectivity index (χ4n) is 2.25. The molecule has 0 aliphatic carbocycles. The van der Waals surface area contributed by atoms with Gasteiger partial charge in [-0.2, -0.15) is 0 Å². The fraction of sp³-hybridized carbons (Fsp3) is 0.467. The molecule has 0 aliphatic rings. The number of carboxylic acids is 1. The van der Waals surface area contributed by atoms with Gasteiger partial charge < -0.3 is 9.67 Å². The summed E-state index contributed by atoms with van der Waals surface area (Å²) in [5.74, 6) is -0.717. The van der Waals surface area contributed by atoms with Gasteiger partial charge in [0.15, 0.2) is 0 Å². The molecule has 2 aromatic rings. The smallest absolute Gasteiger partial charge is 0.303 e. The molecule has 1 N–H and O–H groups in total. The molecule has 0 fully saturated rings. The molecule has 0 unspecified atom stereocenters.